The van der Waals surface area contributed by atoms with E-state index in [2.05, 4.69) is 15.0 Å². The number of thiazole rings is 1. The van der Waals surface area contributed by atoms with Crippen molar-refractivity contribution < 1.29 is 26.0 Å². The highest BCUT2D eigenvalue weighted by Gasteiger charge is 2.16. The summed E-state index contributed by atoms with van der Waals surface area (Å²) in [4.78, 5) is 16.1. The van der Waals surface area contributed by atoms with E-state index in [1.807, 2.05) is 0 Å². The highest BCUT2D eigenvalue weighted by molar-refractivity contribution is 7.93. The number of aryl methyl sites for hydroxylation is 1. The Hall–Kier alpha value is -2.87. The third-order valence-electron chi connectivity index (χ3n) is 4.25. The molecule has 4 N–H and O–H groups in total. The average molecular weight is 499 g/mol. The predicted molar refractivity (Wildman–Crippen MR) is 117 cm³/mol. The number of carbonyl (C=O) groups is 1. The molecule has 0 spiro atoms. The largest absolute Gasteiger partial charge is 0.352 e. The summed E-state index contributed by atoms with van der Waals surface area (Å²) in [6.45, 7) is 0.212. The van der Waals surface area contributed by atoms with Gasteiger partial charge < -0.3 is 5.32 Å². The topological polar surface area (TPSA) is 148 Å². The van der Waals surface area contributed by atoms with Crippen LogP contribution >= 0.6 is 11.3 Å². The normalized spacial score (nSPS) is 11.8. The lowest BCUT2D eigenvalue weighted by atomic mass is 10.2. The van der Waals surface area contributed by atoms with Crippen molar-refractivity contribution in [2.75, 3.05) is 4.72 Å². The number of nitrogens with zero attached hydrogens (tertiary/aromatic N) is 1. The molecule has 32 heavy (non-hydrogen) atoms. The monoisotopic (exact) mass is 498 g/mol. The summed E-state index contributed by atoms with van der Waals surface area (Å²) in [7, 11) is -7.66. The van der Waals surface area contributed by atoms with Crippen LogP contribution in [0.5, 0.6) is 0 Å². The number of aromatic nitrogens is 1. The molecule has 9 nitrogen and oxygen atoms in total. The van der Waals surface area contributed by atoms with Gasteiger partial charge in [0.05, 0.1) is 15.5 Å². The van der Waals surface area contributed by atoms with Gasteiger partial charge in [0.15, 0.2) is 5.13 Å². The number of anilines is 1. The van der Waals surface area contributed by atoms with E-state index in [9.17, 15) is 26.0 Å². The zero-order valence-electron chi connectivity index (χ0n) is 16.5. The Morgan fingerprint density at radius 2 is 1.62 bits per heavy atom. The molecule has 1 heterocycles. The van der Waals surface area contributed by atoms with Gasteiger partial charge >= 0.3 is 0 Å². The Kier molecular flexibility index (Phi) is 7.23. The van der Waals surface area contributed by atoms with Crippen LogP contribution < -0.4 is 15.2 Å². The summed E-state index contributed by atoms with van der Waals surface area (Å²) in [6.07, 6.45) is 0.425. The van der Waals surface area contributed by atoms with Crippen LogP contribution in [0.4, 0.5) is 9.52 Å². The van der Waals surface area contributed by atoms with Crippen molar-refractivity contribution in [1.82, 2.24) is 10.3 Å². The van der Waals surface area contributed by atoms with E-state index in [4.69, 9.17) is 5.14 Å². The van der Waals surface area contributed by atoms with Gasteiger partial charge in [-0.05, 0) is 48.4 Å². The third-order valence-corrected chi connectivity index (χ3v) is 7.47. The number of hydrogen-bond acceptors (Lipinski definition) is 7. The van der Waals surface area contributed by atoms with E-state index >= 15 is 0 Å². The van der Waals surface area contributed by atoms with Crippen molar-refractivity contribution in [2.24, 2.45) is 5.14 Å². The molecule has 0 saturated heterocycles. The fraction of sp³-hybridized carbons (Fsp3) is 0.158. The molecular weight excluding hydrogens is 479 g/mol. The number of carbonyl (C=O) groups excluding carboxylic acids is 1. The first-order valence-corrected chi connectivity index (χ1v) is 13.0. The maximum Gasteiger partial charge on any atom is 0.263 e. The first-order chi connectivity index (χ1) is 15.0. The van der Waals surface area contributed by atoms with Crippen molar-refractivity contribution in [3.63, 3.8) is 0 Å². The standard InChI is InChI=1S/C19H19FN4O5S3/c20-14-3-8-17(9-4-14)32(28,29)24-19-23-15(12-30-19)5-10-18(25)22-11-13-1-6-16(7-2-13)31(21,26)27/h1-4,6-9,12H,5,10-11H2,(H,22,25)(H,23,24)(H2,21,26,27). The molecule has 0 aliphatic heterocycles. The number of primary sulfonamides is 1. The van der Waals surface area contributed by atoms with E-state index < -0.39 is 25.9 Å². The van der Waals surface area contributed by atoms with Crippen LogP contribution in [0.15, 0.2) is 63.7 Å². The van der Waals surface area contributed by atoms with Gasteiger partial charge in [0.25, 0.3) is 10.0 Å². The number of rotatable bonds is 9. The minimum Gasteiger partial charge on any atom is -0.352 e. The number of halogens is 1. The second kappa shape index (κ2) is 9.73. The van der Waals surface area contributed by atoms with Crippen molar-refractivity contribution in [2.45, 2.75) is 29.2 Å². The molecule has 0 atom stereocenters. The average Bonchev–Trinajstić information content (AvgIpc) is 3.17. The summed E-state index contributed by atoms with van der Waals surface area (Å²) in [6, 6.07) is 10.2. The van der Waals surface area contributed by atoms with Crippen molar-refractivity contribution >= 4 is 42.4 Å². The molecule has 3 rings (SSSR count). The minimum absolute atomic E-state index is 0.0121. The Bertz CT molecular complexity index is 1310. The Morgan fingerprint density at radius 3 is 2.25 bits per heavy atom. The van der Waals surface area contributed by atoms with Crippen LogP contribution in [0.25, 0.3) is 0 Å². The molecule has 1 aromatic heterocycles. The summed E-state index contributed by atoms with van der Waals surface area (Å²) in [5.74, 6) is -0.791. The van der Waals surface area contributed by atoms with Crippen molar-refractivity contribution in [3.05, 3.63) is 71.0 Å². The SMILES string of the molecule is NS(=O)(=O)c1ccc(CNC(=O)CCc2csc(NS(=O)(=O)c3ccc(F)cc3)n2)cc1. The maximum atomic E-state index is 13.0. The lowest BCUT2D eigenvalue weighted by Crippen LogP contribution is -2.23. The number of sulfonamides is 2. The number of nitrogens with two attached hydrogens (primary N) is 1. The van der Waals surface area contributed by atoms with Gasteiger partial charge in [-0.3, -0.25) is 9.52 Å². The Morgan fingerprint density at radius 1 is 1.00 bits per heavy atom. The summed E-state index contributed by atoms with van der Waals surface area (Å²) in [5.41, 5.74) is 1.25. The fourth-order valence-corrected chi connectivity index (χ4v) is 5.10. The first-order valence-electron chi connectivity index (χ1n) is 9.14. The van der Waals surface area contributed by atoms with Crippen LogP contribution in [-0.4, -0.2) is 27.7 Å². The number of benzene rings is 2. The molecule has 170 valence electrons. The lowest BCUT2D eigenvalue weighted by Gasteiger charge is -2.06. The van der Waals surface area contributed by atoms with Crippen LogP contribution in [0, 0.1) is 5.82 Å². The zero-order valence-corrected chi connectivity index (χ0v) is 18.9. The van der Waals surface area contributed by atoms with E-state index in [0.717, 1.165) is 35.6 Å². The van der Waals surface area contributed by atoms with Crippen molar-refractivity contribution in [1.29, 1.82) is 0 Å². The third kappa shape index (κ3) is 6.56. The minimum atomic E-state index is -3.89. The summed E-state index contributed by atoms with van der Waals surface area (Å²) >= 11 is 1.07. The molecular formula is C19H19FN4O5S3. The molecule has 0 aliphatic rings. The summed E-state index contributed by atoms with van der Waals surface area (Å²) < 4.78 is 62.4. The molecule has 0 aliphatic carbocycles. The van der Waals surface area contributed by atoms with E-state index in [-0.39, 0.29) is 33.8 Å². The smallest absolute Gasteiger partial charge is 0.263 e. The Labute approximate surface area is 188 Å². The fourth-order valence-electron chi connectivity index (χ4n) is 2.58. The molecule has 0 saturated carbocycles. The molecule has 1 amide bonds. The molecule has 0 unspecified atom stereocenters. The highest BCUT2D eigenvalue weighted by atomic mass is 32.2. The van der Waals surface area contributed by atoms with Crippen LogP contribution in [0.2, 0.25) is 0 Å². The molecule has 13 heteroatoms. The molecule has 0 bridgehead atoms. The molecule has 0 radical (unpaired) electrons. The van der Waals surface area contributed by atoms with Crippen LogP contribution in [0.3, 0.4) is 0 Å². The molecule has 3 aromatic rings. The number of hydrogen-bond donors (Lipinski definition) is 3. The second-order valence-corrected chi connectivity index (χ2v) is 10.8. The first kappa shape index (κ1) is 23.8. The maximum absolute atomic E-state index is 13.0. The van der Waals surface area contributed by atoms with E-state index in [0.29, 0.717) is 17.7 Å². The highest BCUT2D eigenvalue weighted by Crippen LogP contribution is 2.21. The van der Waals surface area contributed by atoms with Gasteiger partial charge in [-0.1, -0.05) is 12.1 Å². The second-order valence-electron chi connectivity index (χ2n) is 6.67. The van der Waals surface area contributed by atoms with Gasteiger partial charge in [0.1, 0.15) is 5.82 Å². The van der Waals surface area contributed by atoms with Crippen LogP contribution in [-0.2, 0) is 37.8 Å². The van der Waals surface area contributed by atoms with E-state index in [1.165, 1.54) is 12.1 Å². The van der Waals surface area contributed by atoms with Crippen LogP contribution in [0.1, 0.15) is 17.7 Å². The molecule has 2 aromatic carbocycles. The van der Waals surface area contributed by atoms with Gasteiger partial charge in [-0.15, -0.1) is 11.3 Å². The Balaban J connectivity index is 1.49. The quantitative estimate of drug-likeness (QED) is 0.411. The van der Waals surface area contributed by atoms with Gasteiger partial charge in [-0.2, -0.15) is 0 Å². The zero-order chi connectivity index (χ0) is 23.4. The molecule has 0 fully saturated rings. The van der Waals surface area contributed by atoms with Gasteiger partial charge in [0.2, 0.25) is 15.9 Å². The number of amides is 1. The predicted octanol–water partition coefficient (Wildman–Crippen LogP) is 1.98. The van der Waals surface area contributed by atoms with Gasteiger partial charge in [-0.25, -0.2) is 31.3 Å². The van der Waals surface area contributed by atoms with Crippen molar-refractivity contribution in [3.8, 4) is 0 Å². The van der Waals surface area contributed by atoms with Gasteiger partial charge in [0, 0.05) is 18.3 Å². The van der Waals surface area contributed by atoms with E-state index in [1.54, 1.807) is 17.5 Å². The summed E-state index contributed by atoms with van der Waals surface area (Å²) in [5, 5.41) is 9.53. The lowest BCUT2D eigenvalue weighted by molar-refractivity contribution is -0.121. The number of nitrogens with one attached hydrogen (secondary N) is 2.